The van der Waals surface area contributed by atoms with Gasteiger partial charge in [0, 0.05) is 28.4 Å². The van der Waals surface area contributed by atoms with Gasteiger partial charge in [0.2, 0.25) is 0 Å². The molecule has 2 aromatic carbocycles. The summed E-state index contributed by atoms with van der Waals surface area (Å²) < 4.78 is 11.7. The van der Waals surface area contributed by atoms with Gasteiger partial charge in [-0.1, -0.05) is 37.6 Å². The van der Waals surface area contributed by atoms with Gasteiger partial charge in [0.1, 0.15) is 36.3 Å². The van der Waals surface area contributed by atoms with E-state index in [2.05, 4.69) is 11.9 Å². The maximum absolute atomic E-state index is 10.7. The summed E-state index contributed by atoms with van der Waals surface area (Å²) in [6.45, 7) is 1.67. The number of ether oxygens (including phenoxy) is 2. The van der Waals surface area contributed by atoms with Crippen molar-refractivity contribution >= 4 is 22.1 Å². The van der Waals surface area contributed by atoms with Gasteiger partial charge in [0.25, 0.3) is 0 Å². The highest BCUT2D eigenvalue weighted by atomic mass is 32.1. The summed E-state index contributed by atoms with van der Waals surface area (Å²) in [5, 5.41) is 43.5. The molecular weight excluding hydrogens is 430 g/mol. The summed E-state index contributed by atoms with van der Waals surface area (Å²) in [6, 6.07) is 9.55. The number of hydrogen-bond acceptors (Lipinski definition) is 8. The van der Waals surface area contributed by atoms with Gasteiger partial charge in [-0.15, -0.1) is 11.3 Å². The van der Waals surface area contributed by atoms with Gasteiger partial charge in [-0.05, 0) is 23.4 Å². The summed E-state index contributed by atoms with van der Waals surface area (Å²) >= 11 is 1.67. The zero-order valence-electron chi connectivity index (χ0n) is 18.1. The standard InChI is InChI=1S/C24H29NO6S/c1-3-6-14-11-25-19(32-14)10-13-9-17(15-7-4-5-8-16(15)23(13)30-2)24-22(29)21(28)20(27)18(12-26)31-24/h4-5,7-9,11,18,20-22,24,26-29H,3,6,10,12H2,1-2H3/t18-,20+,21+,22-,24+/m1/s1. The van der Waals surface area contributed by atoms with Gasteiger partial charge in [-0.2, -0.15) is 0 Å². The number of nitrogens with zero attached hydrogens (tertiary/aromatic N) is 1. The molecule has 7 nitrogen and oxygen atoms in total. The summed E-state index contributed by atoms with van der Waals surface area (Å²) in [5.41, 5.74) is 1.55. The number of aryl methyl sites for hydroxylation is 1. The molecule has 0 radical (unpaired) electrons. The number of aromatic nitrogens is 1. The van der Waals surface area contributed by atoms with Crippen molar-refractivity contribution in [2.24, 2.45) is 0 Å². The molecule has 8 heteroatoms. The molecule has 0 spiro atoms. The summed E-state index contributed by atoms with van der Waals surface area (Å²) in [5.74, 6) is 0.723. The molecule has 0 unspecified atom stereocenters. The summed E-state index contributed by atoms with van der Waals surface area (Å²) in [6.07, 6.45) is -1.58. The number of benzene rings is 2. The SMILES string of the molecule is CCCc1cnc(Cc2cc([C@@H]3O[C@H](CO)[C@H](O)[C@H](O)[C@H]3O)c3ccccc3c2OC)s1. The lowest BCUT2D eigenvalue weighted by Gasteiger charge is -2.40. The van der Waals surface area contributed by atoms with Gasteiger partial charge in [0.15, 0.2) is 0 Å². The molecule has 1 aliphatic rings. The van der Waals surface area contributed by atoms with Crippen LogP contribution in [0.2, 0.25) is 0 Å². The average Bonchev–Trinajstić information content (AvgIpc) is 3.24. The first kappa shape index (κ1) is 23.1. The zero-order valence-corrected chi connectivity index (χ0v) is 19.0. The first-order valence-electron chi connectivity index (χ1n) is 10.8. The van der Waals surface area contributed by atoms with Crippen molar-refractivity contribution in [3.8, 4) is 5.75 Å². The molecule has 32 heavy (non-hydrogen) atoms. The minimum absolute atomic E-state index is 0.471. The Bertz CT molecular complexity index is 1070. The predicted octanol–water partition coefficient (Wildman–Crippen LogP) is 2.36. The second-order valence-corrected chi connectivity index (χ2v) is 9.30. The van der Waals surface area contributed by atoms with Crippen LogP contribution in [-0.4, -0.2) is 63.5 Å². The van der Waals surface area contributed by atoms with E-state index in [9.17, 15) is 20.4 Å². The third-order valence-electron chi connectivity index (χ3n) is 5.95. The number of thiazole rings is 1. The molecule has 1 saturated heterocycles. The number of fused-ring (bicyclic) bond motifs is 1. The lowest BCUT2D eigenvalue weighted by molar-refractivity contribution is -0.231. The topological polar surface area (TPSA) is 112 Å². The highest BCUT2D eigenvalue weighted by molar-refractivity contribution is 7.11. The van der Waals surface area contributed by atoms with Crippen molar-refractivity contribution in [3.63, 3.8) is 0 Å². The van der Waals surface area contributed by atoms with Crippen molar-refractivity contribution in [1.29, 1.82) is 0 Å². The molecule has 1 fully saturated rings. The Morgan fingerprint density at radius 2 is 1.84 bits per heavy atom. The van der Waals surface area contributed by atoms with Crippen LogP contribution in [0.4, 0.5) is 0 Å². The van der Waals surface area contributed by atoms with Crippen molar-refractivity contribution in [2.45, 2.75) is 56.7 Å². The highest BCUT2D eigenvalue weighted by Crippen LogP contribution is 2.41. The molecule has 0 saturated carbocycles. The van der Waals surface area contributed by atoms with Crippen LogP contribution >= 0.6 is 11.3 Å². The second kappa shape index (κ2) is 9.82. The fraction of sp³-hybridized carbons (Fsp3) is 0.458. The van der Waals surface area contributed by atoms with Crippen LogP contribution < -0.4 is 4.74 Å². The van der Waals surface area contributed by atoms with E-state index in [-0.39, 0.29) is 0 Å². The van der Waals surface area contributed by atoms with Crippen LogP contribution in [0.5, 0.6) is 5.75 Å². The van der Waals surface area contributed by atoms with Crippen LogP contribution in [0.15, 0.2) is 36.5 Å². The summed E-state index contributed by atoms with van der Waals surface area (Å²) in [7, 11) is 1.63. The van der Waals surface area contributed by atoms with Gasteiger partial charge in [-0.25, -0.2) is 4.98 Å². The van der Waals surface area contributed by atoms with Crippen LogP contribution in [0.25, 0.3) is 10.8 Å². The molecule has 2 heterocycles. The number of aliphatic hydroxyl groups excluding tert-OH is 4. The van der Waals surface area contributed by atoms with Crippen molar-refractivity contribution in [3.05, 3.63) is 57.5 Å². The maximum atomic E-state index is 10.7. The molecule has 1 aromatic heterocycles. The molecule has 0 bridgehead atoms. The minimum atomic E-state index is -1.44. The smallest absolute Gasteiger partial charge is 0.130 e. The lowest BCUT2D eigenvalue weighted by Crippen LogP contribution is -2.55. The number of methoxy groups -OCH3 is 1. The Morgan fingerprint density at radius 1 is 1.09 bits per heavy atom. The third kappa shape index (κ3) is 4.26. The molecule has 1 aliphatic heterocycles. The maximum Gasteiger partial charge on any atom is 0.130 e. The van der Waals surface area contributed by atoms with Crippen LogP contribution in [-0.2, 0) is 17.6 Å². The van der Waals surface area contributed by atoms with Crippen molar-refractivity contribution < 1.29 is 29.9 Å². The summed E-state index contributed by atoms with van der Waals surface area (Å²) in [4.78, 5) is 5.80. The average molecular weight is 460 g/mol. The monoisotopic (exact) mass is 459 g/mol. The van der Waals surface area contributed by atoms with Gasteiger partial charge in [0.05, 0.1) is 18.7 Å². The van der Waals surface area contributed by atoms with E-state index in [1.807, 2.05) is 36.5 Å². The molecule has 5 atom stereocenters. The molecular formula is C24H29NO6S. The normalized spacial score (nSPS) is 25.9. The number of aliphatic hydroxyl groups is 4. The predicted molar refractivity (Wildman–Crippen MR) is 122 cm³/mol. The molecule has 4 N–H and O–H groups in total. The number of hydrogen-bond donors (Lipinski definition) is 4. The molecule has 0 amide bonds. The van der Waals surface area contributed by atoms with E-state index in [4.69, 9.17) is 9.47 Å². The fourth-order valence-corrected chi connectivity index (χ4v) is 5.41. The molecule has 3 aromatic rings. The quantitative estimate of drug-likeness (QED) is 0.429. The van der Waals surface area contributed by atoms with E-state index >= 15 is 0 Å². The lowest BCUT2D eigenvalue weighted by atomic mass is 9.87. The Kier molecular flexibility index (Phi) is 7.09. The first-order valence-corrected chi connectivity index (χ1v) is 11.6. The van der Waals surface area contributed by atoms with Crippen LogP contribution in [0.3, 0.4) is 0 Å². The Hall–Kier alpha value is -2.07. The number of rotatable bonds is 7. The third-order valence-corrected chi connectivity index (χ3v) is 7.00. The molecule has 4 rings (SSSR count). The van der Waals surface area contributed by atoms with Gasteiger partial charge < -0.3 is 29.9 Å². The van der Waals surface area contributed by atoms with E-state index in [0.717, 1.165) is 39.9 Å². The fourth-order valence-electron chi connectivity index (χ4n) is 4.36. The zero-order chi connectivity index (χ0) is 22.8. The Labute approximate surface area is 190 Å². The Morgan fingerprint density at radius 3 is 2.53 bits per heavy atom. The van der Waals surface area contributed by atoms with Crippen molar-refractivity contribution in [2.75, 3.05) is 13.7 Å². The van der Waals surface area contributed by atoms with E-state index in [1.54, 1.807) is 18.4 Å². The van der Waals surface area contributed by atoms with E-state index in [1.165, 1.54) is 4.88 Å². The van der Waals surface area contributed by atoms with Gasteiger partial charge in [-0.3, -0.25) is 0 Å². The van der Waals surface area contributed by atoms with Crippen LogP contribution in [0, 0.1) is 0 Å². The molecule has 0 aliphatic carbocycles. The first-order chi connectivity index (χ1) is 15.5. The van der Waals surface area contributed by atoms with Crippen molar-refractivity contribution in [1.82, 2.24) is 4.98 Å². The van der Waals surface area contributed by atoms with Crippen LogP contribution in [0.1, 0.15) is 40.5 Å². The Balaban J connectivity index is 1.81. The highest BCUT2D eigenvalue weighted by Gasteiger charge is 2.44. The largest absolute Gasteiger partial charge is 0.496 e. The molecule has 172 valence electrons. The minimum Gasteiger partial charge on any atom is -0.496 e. The van der Waals surface area contributed by atoms with E-state index in [0.29, 0.717) is 12.0 Å². The van der Waals surface area contributed by atoms with E-state index < -0.39 is 37.1 Å². The second-order valence-electron chi connectivity index (χ2n) is 8.10. The van der Waals surface area contributed by atoms with Gasteiger partial charge >= 0.3 is 0 Å².